The number of nitrogens with one attached hydrogen (secondary N) is 1. The van der Waals surface area contributed by atoms with E-state index in [0.717, 1.165) is 27.8 Å². The van der Waals surface area contributed by atoms with E-state index in [1.165, 1.54) is 12.1 Å². The first-order valence-electron chi connectivity index (χ1n) is 12.8. The van der Waals surface area contributed by atoms with Crippen molar-refractivity contribution in [3.05, 3.63) is 130 Å². The second-order valence-electron chi connectivity index (χ2n) is 9.67. The van der Waals surface area contributed by atoms with Crippen molar-refractivity contribution in [3.8, 4) is 11.1 Å². The lowest BCUT2D eigenvalue weighted by atomic mass is 9.98. The molecule has 1 unspecified atom stereocenters. The highest BCUT2D eigenvalue weighted by molar-refractivity contribution is 6.21. The molecule has 1 atom stereocenters. The minimum atomic E-state index is -1.33. The molecule has 0 radical (unpaired) electrons. The van der Waals surface area contributed by atoms with E-state index in [4.69, 9.17) is 9.57 Å². The number of amides is 3. The van der Waals surface area contributed by atoms with E-state index in [2.05, 4.69) is 5.32 Å². The average Bonchev–Trinajstić information content (AvgIpc) is 3.42. The molecule has 3 amide bonds. The molecule has 0 saturated heterocycles. The van der Waals surface area contributed by atoms with Crippen LogP contribution in [0.25, 0.3) is 11.1 Å². The maximum atomic E-state index is 13.3. The van der Waals surface area contributed by atoms with Crippen molar-refractivity contribution < 1.29 is 28.8 Å². The molecule has 0 spiro atoms. The second-order valence-corrected chi connectivity index (χ2v) is 9.67. The van der Waals surface area contributed by atoms with Gasteiger partial charge in [0.25, 0.3) is 11.8 Å². The van der Waals surface area contributed by atoms with Gasteiger partial charge in [0.1, 0.15) is 6.61 Å². The number of ether oxygens (including phenoxy) is 1. The first-order valence-corrected chi connectivity index (χ1v) is 12.8. The van der Waals surface area contributed by atoms with Crippen molar-refractivity contribution in [2.45, 2.75) is 18.9 Å². The maximum absolute atomic E-state index is 13.3. The van der Waals surface area contributed by atoms with Gasteiger partial charge in [0.05, 0.1) is 11.1 Å². The van der Waals surface area contributed by atoms with Crippen LogP contribution in [0.3, 0.4) is 0 Å². The standard InChI is InChI=1S/C32H24N2O6/c1-19-14-16-20(17-15-19)28(31(37)40-34-29(35)25-12-6-7-13-26(25)30(34)36)33-32(38)39-18-27-23-10-4-2-8-21(23)22-9-3-5-11-24(22)27/h2-17,27-28H,18H2,1H3,(H,33,38). The van der Waals surface area contributed by atoms with Crippen LogP contribution in [0, 0.1) is 6.92 Å². The van der Waals surface area contributed by atoms with Crippen LogP contribution < -0.4 is 5.32 Å². The Morgan fingerprint density at radius 3 is 1.80 bits per heavy atom. The minimum Gasteiger partial charge on any atom is -0.449 e. The Bertz CT molecular complexity index is 1580. The van der Waals surface area contributed by atoms with E-state index < -0.39 is 29.9 Å². The van der Waals surface area contributed by atoms with Crippen molar-refractivity contribution in [3.63, 3.8) is 0 Å². The Labute approximate surface area is 230 Å². The number of aryl methyl sites for hydroxylation is 1. The van der Waals surface area contributed by atoms with Crippen LogP contribution in [0.1, 0.15) is 54.9 Å². The summed E-state index contributed by atoms with van der Waals surface area (Å²) in [7, 11) is 0. The third-order valence-corrected chi connectivity index (χ3v) is 7.19. The van der Waals surface area contributed by atoms with Crippen molar-refractivity contribution in [2.24, 2.45) is 0 Å². The SMILES string of the molecule is Cc1ccc(C(NC(=O)OCC2c3ccccc3-c3ccccc32)C(=O)ON2C(=O)c3ccccc3C2=O)cc1. The molecular weight excluding hydrogens is 508 g/mol. The lowest BCUT2D eigenvalue weighted by Gasteiger charge is -2.21. The van der Waals surface area contributed by atoms with Gasteiger partial charge >= 0.3 is 12.1 Å². The number of fused-ring (bicyclic) bond motifs is 4. The van der Waals surface area contributed by atoms with Crippen LogP contribution in [-0.4, -0.2) is 35.5 Å². The van der Waals surface area contributed by atoms with Gasteiger partial charge in [-0.25, -0.2) is 9.59 Å². The van der Waals surface area contributed by atoms with Gasteiger partial charge in [-0.2, -0.15) is 0 Å². The molecule has 0 aromatic heterocycles. The lowest BCUT2D eigenvalue weighted by molar-refractivity contribution is -0.171. The number of imide groups is 1. The molecule has 2 aliphatic rings. The fourth-order valence-corrected chi connectivity index (χ4v) is 5.19. The molecule has 4 aromatic carbocycles. The number of hydrogen-bond donors (Lipinski definition) is 1. The van der Waals surface area contributed by atoms with Gasteiger partial charge in [0.2, 0.25) is 0 Å². The fourth-order valence-electron chi connectivity index (χ4n) is 5.19. The van der Waals surface area contributed by atoms with E-state index in [0.29, 0.717) is 10.6 Å². The van der Waals surface area contributed by atoms with Gasteiger partial charge in [-0.15, -0.1) is 0 Å². The van der Waals surface area contributed by atoms with E-state index >= 15 is 0 Å². The summed E-state index contributed by atoms with van der Waals surface area (Å²) < 4.78 is 5.62. The van der Waals surface area contributed by atoms with Crippen molar-refractivity contribution >= 4 is 23.9 Å². The third-order valence-electron chi connectivity index (χ3n) is 7.19. The van der Waals surface area contributed by atoms with E-state index in [1.807, 2.05) is 55.5 Å². The Kier molecular flexibility index (Phi) is 6.36. The first kappa shape index (κ1) is 25.1. The summed E-state index contributed by atoms with van der Waals surface area (Å²) in [5.41, 5.74) is 5.91. The summed E-state index contributed by atoms with van der Waals surface area (Å²) >= 11 is 0. The van der Waals surface area contributed by atoms with Crippen LogP contribution in [-0.2, 0) is 14.4 Å². The molecule has 1 aliphatic heterocycles. The van der Waals surface area contributed by atoms with Crippen LogP contribution in [0.5, 0.6) is 0 Å². The molecule has 8 nitrogen and oxygen atoms in total. The van der Waals surface area contributed by atoms with Crippen molar-refractivity contribution in [1.82, 2.24) is 10.4 Å². The maximum Gasteiger partial charge on any atom is 0.408 e. The number of rotatable bonds is 6. The Hall–Kier alpha value is -5.24. The summed E-state index contributed by atoms with van der Waals surface area (Å²) in [5.74, 6) is -2.68. The Morgan fingerprint density at radius 1 is 0.750 bits per heavy atom. The molecule has 0 fully saturated rings. The number of hydrogen-bond acceptors (Lipinski definition) is 6. The number of nitrogens with zero attached hydrogens (tertiary/aromatic N) is 1. The summed E-state index contributed by atoms with van der Waals surface area (Å²) in [6.07, 6.45) is -0.841. The largest absolute Gasteiger partial charge is 0.449 e. The summed E-state index contributed by atoms with van der Waals surface area (Å²) in [6, 6.07) is 27.7. The summed E-state index contributed by atoms with van der Waals surface area (Å²) in [4.78, 5) is 57.1. The molecule has 0 bridgehead atoms. The predicted octanol–water partition coefficient (Wildman–Crippen LogP) is 5.33. The van der Waals surface area contributed by atoms with Gasteiger partial charge in [0.15, 0.2) is 6.04 Å². The van der Waals surface area contributed by atoms with Gasteiger partial charge in [-0.1, -0.05) is 95.6 Å². The highest BCUT2D eigenvalue weighted by atomic mass is 16.7. The van der Waals surface area contributed by atoms with Gasteiger partial charge in [-0.05, 0) is 46.9 Å². The van der Waals surface area contributed by atoms with Crippen LogP contribution in [0.15, 0.2) is 97.1 Å². The number of hydroxylamine groups is 2. The van der Waals surface area contributed by atoms with Crippen molar-refractivity contribution in [2.75, 3.05) is 6.61 Å². The Balaban J connectivity index is 1.20. The highest BCUT2D eigenvalue weighted by Gasteiger charge is 2.40. The lowest BCUT2D eigenvalue weighted by Crippen LogP contribution is -2.40. The first-order chi connectivity index (χ1) is 19.4. The average molecular weight is 533 g/mol. The quantitative estimate of drug-likeness (QED) is 0.337. The van der Waals surface area contributed by atoms with E-state index in [-0.39, 0.29) is 23.7 Å². The van der Waals surface area contributed by atoms with Crippen LogP contribution >= 0.6 is 0 Å². The molecule has 40 heavy (non-hydrogen) atoms. The zero-order valence-corrected chi connectivity index (χ0v) is 21.5. The van der Waals surface area contributed by atoms with E-state index in [1.54, 1.807) is 36.4 Å². The third kappa shape index (κ3) is 4.39. The van der Waals surface area contributed by atoms with Crippen LogP contribution in [0.4, 0.5) is 4.79 Å². The highest BCUT2D eigenvalue weighted by Crippen LogP contribution is 2.44. The Morgan fingerprint density at radius 2 is 1.25 bits per heavy atom. The molecule has 6 rings (SSSR count). The zero-order valence-electron chi connectivity index (χ0n) is 21.5. The number of alkyl carbamates (subject to hydrolysis) is 1. The van der Waals surface area contributed by atoms with Gasteiger partial charge in [-0.3, -0.25) is 9.59 Å². The van der Waals surface area contributed by atoms with Gasteiger partial charge < -0.3 is 14.9 Å². The molecule has 8 heteroatoms. The van der Waals surface area contributed by atoms with Gasteiger partial charge in [0, 0.05) is 5.92 Å². The molecule has 0 saturated carbocycles. The number of benzene rings is 4. The smallest absolute Gasteiger partial charge is 0.408 e. The molecule has 1 heterocycles. The topological polar surface area (TPSA) is 102 Å². The zero-order chi connectivity index (χ0) is 27.8. The molecule has 198 valence electrons. The van der Waals surface area contributed by atoms with Crippen LogP contribution in [0.2, 0.25) is 0 Å². The second kappa shape index (κ2) is 10.1. The number of carbonyl (C=O) groups excluding carboxylic acids is 4. The normalized spacial score (nSPS) is 14.3. The monoisotopic (exact) mass is 532 g/mol. The molecule has 1 N–H and O–H groups in total. The molecule has 4 aromatic rings. The predicted molar refractivity (Wildman–Crippen MR) is 145 cm³/mol. The summed E-state index contributed by atoms with van der Waals surface area (Å²) in [6.45, 7) is 1.93. The molecule has 1 aliphatic carbocycles. The summed E-state index contributed by atoms with van der Waals surface area (Å²) in [5, 5.41) is 2.99. The number of carbonyl (C=O) groups is 4. The fraction of sp³-hybridized carbons (Fsp3) is 0.125. The minimum absolute atomic E-state index is 0.0495. The molecular formula is C32H24N2O6. The van der Waals surface area contributed by atoms with E-state index in [9.17, 15) is 19.2 Å². The van der Waals surface area contributed by atoms with Crippen molar-refractivity contribution in [1.29, 1.82) is 0 Å².